The van der Waals surface area contributed by atoms with Crippen molar-refractivity contribution in [1.82, 2.24) is 10.2 Å². The highest BCUT2D eigenvalue weighted by Gasteiger charge is 2.26. The fourth-order valence-corrected chi connectivity index (χ4v) is 2.61. The molecular weight excluding hydrogens is 240 g/mol. The molecule has 0 atom stereocenters. The minimum Gasteiger partial charge on any atom is -0.352 e. The van der Waals surface area contributed by atoms with Crippen LogP contribution in [0.25, 0.3) is 0 Å². The summed E-state index contributed by atoms with van der Waals surface area (Å²) in [6.07, 6.45) is 3.77. The van der Waals surface area contributed by atoms with Gasteiger partial charge < -0.3 is 10.2 Å². The van der Waals surface area contributed by atoms with Crippen molar-refractivity contribution in [3.05, 3.63) is 0 Å². The molecule has 1 fully saturated rings. The van der Waals surface area contributed by atoms with Crippen LogP contribution in [0.3, 0.4) is 0 Å². The molecule has 17 heavy (non-hydrogen) atoms. The van der Waals surface area contributed by atoms with Crippen LogP contribution >= 0.6 is 11.6 Å². The van der Waals surface area contributed by atoms with Crippen LogP contribution in [0, 0.1) is 0 Å². The zero-order valence-corrected chi connectivity index (χ0v) is 11.3. The third kappa shape index (κ3) is 4.19. The van der Waals surface area contributed by atoms with Crippen LogP contribution in [0.15, 0.2) is 0 Å². The lowest BCUT2D eigenvalue weighted by Gasteiger charge is -2.36. The Morgan fingerprint density at radius 2 is 1.88 bits per heavy atom. The van der Waals surface area contributed by atoms with Crippen molar-refractivity contribution in [2.75, 3.05) is 12.4 Å². The van der Waals surface area contributed by atoms with Gasteiger partial charge in [0.2, 0.25) is 11.8 Å². The summed E-state index contributed by atoms with van der Waals surface area (Å²) >= 11 is 5.45. The maximum atomic E-state index is 11.4. The Labute approximate surface area is 108 Å². The molecule has 1 aliphatic rings. The molecule has 0 heterocycles. The minimum atomic E-state index is -0.103. The lowest BCUT2D eigenvalue weighted by atomic mass is 9.90. The van der Waals surface area contributed by atoms with Crippen LogP contribution < -0.4 is 5.32 Å². The molecule has 0 aliphatic heterocycles. The number of halogens is 1. The van der Waals surface area contributed by atoms with Gasteiger partial charge in [-0.25, -0.2) is 0 Å². The lowest BCUT2D eigenvalue weighted by Crippen LogP contribution is -2.45. The maximum Gasteiger partial charge on any atom is 0.235 e. The molecule has 2 amide bonds. The SMILES string of the molecule is CCN(C(C)=O)C1CCC(NC(=O)CCl)CC1. The number of hydrogen-bond donors (Lipinski definition) is 1. The zero-order valence-electron chi connectivity index (χ0n) is 10.5. The molecule has 5 heteroatoms. The second-order valence-electron chi connectivity index (χ2n) is 4.51. The van der Waals surface area contributed by atoms with Gasteiger partial charge in [0.15, 0.2) is 0 Å². The first-order valence-electron chi connectivity index (χ1n) is 6.21. The fraction of sp³-hybridized carbons (Fsp3) is 0.833. The summed E-state index contributed by atoms with van der Waals surface area (Å²) < 4.78 is 0. The molecule has 1 saturated carbocycles. The second-order valence-corrected chi connectivity index (χ2v) is 4.78. The van der Waals surface area contributed by atoms with Gasteiger partial charge in [-0.15, -0.1) is 11.6 Å². The van der Waals surface area contributed by atoms with Crippen LogP contribution in [0.5, 0.6) is 0 Å². The summed E-state index contributed by atoms with van der Waals surface area (Å²) in [5, 5.41) is 2.90. The van der Waals surface area contributed by atoms with Gasteiger partial charge in [-0.1, -0.05) is 0 Å². The van der Waals surface area contributed by atoms with E-state index >= 15 is 0 Å². The van der Waals surface area contributed by atoms with Crippen molar-refractivity contribution in [2.45, 2.75) is 51.6 Å². The Kier molecular flexibility index (Phi) is 5.75. The van der Waals surface area contributed by atoms with E-state index in [1.165, 1.54) is 0 Å². The van der Waals surface area contributed by atoms with Crippen molar-refractivity contribution in [3.8, 4) is 0 Å². The number of carbonyl (C=O) groups is 2. The summed E-state index contributed by atoms with van der Waals surface area (Å²) in [6.45, 7) is 4.38. The number of hydrogen-bond acceptors (Lipinski definition) is 2. The molecule has 98 valence electrons. The van der Waals surface area contributed by atoms with Gasteiger partial charge in [-0.3, -0.25) is 9.59 Å². The summed E-state index contributed by atoms with van der Waals surface area (Å²) in [7, 11) is 0. The fourth-order valence-electron chi connectivity index (χ4n) is 2.54. The molecule has 0 radical (unpaired) electrons. The lowest BCUT2D eigenvalue weighted by molar-refractivity contribution is -0.132. The molecule has 0 spiro atoms. The summed E-state index contributed by atoms with van der Waals surface area (Å²) in [4.78, 5) is 24.5. The van der Waals surface area contributed by atoms with E-state index in [9.17, 15) is 9.59 Å². The maximum absolute atomic E-state index is 11.4. The Balaban J connectivity index is 2.39. The van der Waals surface area contributed by atoms with E-state index in [2.05, 4.69) is 5.32 Å². The first kappa shape index (κ1) is 14.3. The normalized spacial score (nSPS) is 24.2. The third-order valence-corrected chi connectivity index (χ3v) is 3.61. The Morgan fingerprint density at radius 1 is 1.29 bits per heavy atom. The average molecular weight is 261 g/mol. The third-order valence-electron chi connectivity index (χ3n) is 3.37. The van der Waals surface area contributed by atoms with E-state index in [4.69, 9.17) is 11.6 Å². The van der Waals surface area contributed by atoms with Gasteiger partial charge in [-0.05, 0) is 32.6 Å². The van der Waals surface area contributed by atoms with Crippen molar-refractivity contribution in [2.24, 2.45) is 0 Å². The molecule has 4 nitrogen and oxygen atoms in total. The number of amides is 2. The molecular formula is C12H21ClN2O2. The molecule has 0 aromatic rings. The molecule has 0 aromatic heterocycles. The first-order valence-corrected chi connectivity index (χ1v) is 6.74. The second kappa shape index (κ2) is 6.84. The monoisotopic (exact) mass is 260 g/mol. The van der Waals surface area contributed by atoms with Gasteiger partial charge in [0.1, 0.15) is 5.88 Å². The number of nitrogens with zero attached hydrogens (tertiary/aromatic N) is 1. The smallest absolute Gasteiger partial charge is 0.235 e. The standard InChI is InChI=1S/C12H21ClN2O2/c1-3-15(9(2)16)11-6-4-10(5-7-11)14-12(17)8-13/h10-11H,3-8H2,1-2H3,(H,14,17). The van der Waals surface area contributed by atoms with Crippen LogP contribution in [-0.4, -0.2) is 41.2 Å². The molecule has 1 N–H and O–H groups in total. The van der Waals surface area contributed by atoms with E-state index in [1.54, 1.807) is 6.92 Å². The van der Waals surface area contributed by atoms with E-state index in [1.807, 2.05) is 11.8 Å². The number of alkyl halides is 1. The van der Waals surface area contributed by atoms with Gasteiger partial charge in [0, 0.05) is 25.6 Å². The average Bonchev–Trinajstić information content (AvgIpc) is 2.31. The van der Waals surface area contributed by atoms with Gasteiger partial charge >= 0.3 is 0 Å². The quantitative estimate of drug-likeness (QED) is 0.780. The van der Waals surface area contributed by atoms with Crippen LogP contribution in [0.4, 0.5) is 0 Å². The van der Waals surface area contributed by atoms with Crippen molar-refractivity contribution in [1.29, 1.82) is 0 Å². The molecule has 0 unspecified atom stereocenters. The van der Waals surface area contributed by atoms with Gasteiger partial charge in [0.25, 0.3) is 0 Å². The molecule has 1 rings (SSSR count). The van der Waals surface area contributed by atoms with Gasteiger partial charge in [-0.2, -0.15) is 0 Å². The van der Waals surface area contributed by atoms with Crippen LogP contribution in [-0.2, 0) is 9.59 Å². The molecule has 0 saturated heterocycles. The number of carbonyl (C=O) groups excluding carboxylic acids is 2. The Hall–Kier alpha value is -0.770. The van der Waals surface area contributed by atoms with E-state index in [-0.39, 0.29) is 23.7 Å². The van der Waals surface area contributed by atoms with Crippen LogP contribution in [0.2, 0.25) is 0 Å². The summed E-state index contributed by atoms with van der Waals surface area (Å²) in [6, 6.07) is 0.560. The highest BCUT2D eigenvalue weighted by molar-refractivity contribution is 6.27. The van der Waals surface area contributed by atoms with E-state index < -0.39 is 0 Å². The summed E-state index contributed by atoms with van der Waals surface area (Å²) in [5.41, 5.74) is 0. The molecule has 1 aliphatic carbocycles. The highest BCUT2D eigenvalue weighted by atomic mass is 35.5. The number of rotatable bonds is 4. The minimum absolute atomic E-state index is 0.0223. The van der Waals surface area contributed by atoms with E-state index in [0.717, 1.165) is 32.2 Å². The molecule has 0 aromatic carbocycles. The molecule has 0 bridgehead atoms. The zero-order chi connectivity index (χ0) is 12.8. The Bertz CT molecular complexity index is 276. The highest BCUT2D eigenvalue weighted by Crippen LogP contribution is 2.23. The number of nitrogens with one attached hydrogen (secondary N) is 1. The van der Waals surface area contributed by atoms with Gasteiger partial charge in [0.05, 0.1) is 0 Å². The van der Waals surface area contributed by atoms with Crippen molar-refractivity contribution in [3.63, 3.8) is 0 Å². The summed E-state index contributed by atoms with van der Waals surface area (Å²) in [5.74, 6) is 0.0591. The topological polar surface area (TPSA) is 49.4 Å². The van der Waals surface area contributed by atoms with Crippen LogP contribution in [0.1, 0.15) is 39.5 Å². The Morgan fingerprint density at radius 3 is 2.29 bits per heavy atom. The van der Waals surface area contributed by atoms with Crippen molar-refractivity contribution < 1.29 is 9.59 Å². The predicted molar refractivity (Wildman–Crippen MR) is 68.0 cm³/mol. The predicted octanol–water partition coefficient (Wildman–Crippen LogP) is 1.52. The van der Waals surface area contributed by atoms with Crippen molar-refractivity contribution >= 4 is 23.4 Å². The van der Waals surface area contributed by atoms with E-state index in [0.29, 0.717) is 6.04 Å². The first-order chi connectivity index (χ1) is 8.08. The largest absolute Gasteiger partial charge is 0.352 e.